The fraction of sp³-hybridized carbons (Fsp3) is 0.667. The van der Waals surface area contributed by atoms with E-state index < -0.39 is 5.91 Å². The first-order chi connectivity index (χ1) is 8.50. The zero-order valence-electron chi connectivity index (χ0n) is 10.9. The molecule has 6 heteroatoms. The van der Waals surface area contributed by atoms with Crippen LogP contribution in [0.4, 0.5) is 0 Å². The van der Waals surface area contributed by atoms with E-state index in [-0.39, 0.29) is 5.54 Å². The second-order valence-electron chi connectivity index (χ2n) is 5.19. The molecule has 6 nitrogen and oxygen atoms in total. The van der Waals surface area contributed by atoms with Crippen molar-refractivity contribution in [2.75, 3.05) is 32.8 Å². The monoisotopic (exact) mass is 252 g/mol. The molecular formula is C12H20N4O2. The molecule has 0 saturated carbocycles. The largest absolute Gasteiger partial charge is 0.379 e. The van der Waals surface area contributed by atoms with Gasteiger partial charge in [0.1, 0.15) is 0 Å². The Kier molecular flexibility index (Phi) is 3.68. The Morgan fingerprint density at radius 3 is 2.78 bits per heavy atom. The van der Waals surface area contributed by atoms with E-state index in [1.807, 2.05) is 4.57 Å². The van der Waals surface area contributed by atoms with Crippen molar-refractivity contribution < 1.29 is 9.53 Å². The highest BCUT2D eigenvalue weighted by Crippen LogP contribution is 2.19. The summed E-state index contributed by atoms with van der Waals surface area (Å²) in [6, 6.07) is 0. The molecule has 0 unspecified atom stereocenters. The first kappa shape index (κ1) is 13.0. The van der Waals surface area contributed by atoms with Crippen molar-refractivity contribution >= 4 is 5.91 Å². The van der Waals surface area contributed by atoms with Crippen molar-refractivity contribution in [3.05, 3.63) is 18.2 Å². The van der Waals surface area contributed by atoms with E-state index in [0.29, 0.717) is 5.82 Å². The first-order valence-corrected chi connectivity index (χ1v) is 6.14. The van der Waals surface area contributed by atoms with Crippen LogP contribution < -0.4 is 5.73 Å². The molecule has 0 bridgehead atoms. The second kappa shape index (κ2) is 5.07. The Morgan fingerprint density at radius 1 is 1.50 bits per heavy atom. The molecule has 1 aromatic rings. The van der Waals surface area contributed by atoms with Crippen LogP contribution in [0.3, 0.4) is 0 Å². The Bertz CT molecular complexity index is 421. The number of carbonyl (C=O) groups excluding carboxylic acids is 1. The predicted octanol–water partition coefficient (Wildman–Crippen LogP) is 0.0493. The number of nitrogens with two attached hydrogens (primary N) is 1. The number of ether oxygens (including phenoxy) is 1. The summed E-state index contributed by atoms with van der Waals surface area (Å²) in [6.45, 7) is 8.37. The minimum atomic E-state index is -0.491. The molecule has 1 aromatic heterocycles. The lowest BCUT2D eigenvalue weighted by Gasteiger charge is -2.36. The average Bonchev–Trinajstić information content (AvgIpc) is 2.79. The van der Waals surface area contributed by atoms with Crippen LogP contribution in [0.2, 0.25) is 0 Å². The van der Waals surface area contributed by atoms with Crippen LogP contribution in [0.1, 0.15) is 24.5 Å². The number of hydrogen-bond acceptors (Lipinski definition) is 4. The van der Waals surface area contributed by atoms with Crippen molar-refractivity contribution in [1.29, 1.82) is 0 Å². The van der Waals surface area contributed by atoms with Gasteiger partial charge in [-0.1, -0.05) is 0 Å². The predicted molar refractivity (Wildman–Crippen MR) is 67.3 cm³/mol. The summed E-state index contributed by atoms with van der Waals surface area (Å²) in [5.74, 6) is -0.177. The molecule has 18 heavy (non-hydrogen) atoms. The Labute approximate surface area is 107 Å². The van der Waals surface area contributed by atoms with Crippen molar-refractivity contribution in [3.8, 4) is 0 Å². The zero-order chi connectivity index (χ0) is 13.2. The van der Waals surface area contributed by atoms with Crippen LogP contribution in [0, 0.1) is 0 Å². The molecule has 100 valence electrons. The number of carbonyl (C=O) groups is 1. The molecule has 0 radical (unpaired) electrons. The summed E-state index contributed by atoms with van der Waals surface area (Å²) in [5, 5.41) is 0. The Hall–Kier alpha value is -1.40. The quantitative estimate of drug-likeness (QED) is 0.821. The standard InChI is InChI=1S/C12H20N4O2/c1-12(2,9-15-5-7-18-8-6-15)16-4-3-14-11(16)10(13)17/h3-4H,5-9H2,1-2H3,(H2,13,17). The molecule has 1 aliphatic rings. The Balaban J connectivity index is 2.13. The van der Waals surface area contributed by atoms with E-state index in [9.17, 15) is 4.79 Å². The maximum absolute atomic E-state index is 11.3. The summed E-state index contributed by atoms with van der Waals surface area (Å²) >= 11 is 0. The van der Waals surface area contributed by atoms with Crippen molar-refractivity contribution in [3.63, 3.8) is 0 Å². The zero-order valence-corrected chi connectivity index (χ0v) is 10.9. The SMILES string of the molecule is CC(C)(CN1CCOCC1)n1ccnc1C(N)=O. The fourth-order valence-corrected chi connectivity index (χ4v) is 2.36. The molecule has 0 atom stereocenters. The average molecular weight is 252 g/mol. The van der Waals surface area contributed by atoms with Gasteiger partial charge in [0.05, 0.1) is 18.8 Å². The lowest BCUT2D eigenvalue weighted by Crippen LogP contribution is -2.46. The van der Waals surface area contributed by atoms with Gasteiger partial charge < -0.3 is 15.0 Å². The van der Waals surface area contributed by atoms with Crippen molar-refractivity contribution in [2.24, 2.45) is 5.73 Å². The van der Waals surface area contributed by atoms with E-state index in [2.05, 4.69) is 23.7 Å². The summed E-state index contributed by atoms with van der Waals surface area (Å²) < 4.78 is 7.18. The van der Waals surface area contributed by atoms with E-state index in [4.69, 9.17) is 10.5 Å². The third kappa shape index (κ3) is 2.70. The minimum Gasteiger partial charge on any atom is -0.379 e. The van der Waals surface area contributed by atoms with Crippen LogP contribution in [0.5, 0.6) is 0 Å². The van der Waals surface area contributed by atoms with Crippen LogP contribution in [0.15, 0.2) is 12.4 Å². The number of nitrogens with zero attached hydrogens (tertiary/aromatic N) is 3. The van der Waals surface area contributed by atoms with E-state index >= 15 is 0 Å². The number of amides is 1. The van der Waals surface area contributed by atoms with Crippen molar-refractivity contribution in [2.45, 2.75) is 19.4 Å². The third-order valence-electron chi connectivity index (χ3n) is 3.23. The molecule has 1 aliphatic heterocycles. The van der Waals surface area contributed by atoms with Crippen molar-refractivity contribution in [1.82, 2.24) is 14.5 Å². The molecule has 0 aromatic carbocycles. The first-order valence-electron chi connectivity index (χ1n) is 6.14. The lowest BCUT2D eigenvalue weighted by molar-refractivity contribution is 0.0225. The molecule has 0 spiro atoms. The Morgan fingerprint density at radius 2 is 2.17 bits per heavy atom. The van der Waals surface area contributed by atoms with Gasteiger partial charge in [0.25, 0.3) is 5.91 Å². The minimum absolute atomic E-state index is 0.224. The van der Waals surface area contributed by atoms with E-state index in [1.165, 1.54) is 0 Å². The van der Waals surface area contributed by atoms with Gasteiger partial charge >= 0.3 is 0 Å². The molecule has 2 heterocycles. The molecule has 1 amide bonds. The van der Waals surface area contributed by atoms with Crippen LogP contribution in [0.25, 0.3) is 0 Å². The number of rotatable bonds is 4. The van der Waals surface area contributed by atoms with Gasteiger partial charge in [-0.05, 0) is 13.8 Å². The van der Waals surface area contributed by atoms with Gasteiger partial charge in [0.2, 0.25) is 0 Å². The highest BCUT2D eigenvalue weighted by atomic mass is 16.5. The number of aromatic nitrogens is 2. The van der Waals surface area contributed by atoms with Gasteiger partial charge in [0.15, 0.2) is 5.82 Å². The second-order valence-corrected chi connectivity index (χ2v) is 5.19. The maximum Gasteiger partial charge on any atom is 0.284 e. The van der Waals surface area contributed by atoms with Gasteiger partial charge in [-0.2, -0.15) is 0 Å². The summed E-state index contributed by atoms with van der Waals surface area (Å²) in [5.41, 5.74) is 5.11. The number of primary amides is 1. The topological polar surface area (TPSA) is 73.4 Å². The number of imidazole rings is 1. The fourth-order valence-electron chi connectivity index (χ4n) is 2.36. The smallest absolute Gasteiger partial charge is 0.284 e. The van der Waals surface area contributed by atoms with Gasteiger partial charge in [-0.3, -0.25) is 9.69 Å². The number of morpholine rings is 1. The van der Waals surface area contributed by atoms with Gasteiger partial charge in [-0.25, -0.2) is 4.98 Å². The summed E-state index contributed by atoms with van der Waals surface area (Å²) in [4.78, 5) is 17.7. The highest BCUT2D eigenvalue weighted by molar-refractivity contribution is 5.89. The van der Waals surface area contributed by atoms with E-state index in [0.717, 1.165) is 32.8 Å². The highest BCUT2D eigenvalue weighted by Gasteiger charge is 2.28. The maximum atomic E-state index is 11.3. The molecule has 1 saturated heterocycles. The van der Waals surface area contributed by atoms with Crippen LogP contribution in [-0.2, 0) is 10.3 Å². The third-order valence-corrected chi connectivity index (χ3v) is 3.23. The van der Waals surface area contributed by atoms with Gasteiger partial charge in [0, 0.05) is 32.0 Å². The molecule has 1 fully saturated rings. The lowest BCUT2D eigenvalue weighted by atomic mass is 10.0. The van der Waals surface area contributed by atoms with Gasteiger partial charge in [-0.15, -0.1) is 0 Å². The molecule has 0 aliphatic carbocycles. The summed E-state index contributed by atoms with van der Waals surface area (Å²) in [7, 11) is 0. The molecule has 2 N–H and O–H groups in total. The summed E-state index contributed by atoms with van der Waals surface area (Å²) in [6.07, 6.45) is 3.42. The van der Waals surface area contributed by atoms with Crippen LogP contribution in [-0.4, -0.2) is 53.2 Å². The molecule has 2 rings (SSSR count). The van der Waals surface area contributed by atoms with Crippen LogP contribution >= 0.6 is 0 Å². The number of hydrogen-bond donors (Lipinski definition) is 1. The normalized spacial score (nSPS) is 17.9. The van der Waals surface area contributed by atoms with E-state index in [1.54, 1.807) is 12.4 Å². The molecular weight excluding hydrogens is 232 g/mol.